The van der Waals surface area contributed by atoms with Crippen molar-refractivity contribution in [2.75, 3.05) is 0 Å². The van der Waals surface area contributed by atoms with Crippen LogP contribution in [0.2, 0.25) is 0 Å². The number of sulfonamides is 1. The fourth-order valence-corrected chi connectivity index (χ4v) is 2.56. The van der Waals surface area contributed by atoms with E-state index in [0.717, 1.165) is 4.47 Å². The van der Waals surface area contributed by atoms with E-state index in [0.29, 0.717) is 12.0 Å². The summed E-state index contributed by atoms with van der Waals surface area (Å²) in [5.74, 6) is -0.597. The van der Waals surface area contributed by atoms with Crippen molar-refractivity contribution in [2.24, 2.45) is 0 Å². The lowest BCUT2D eigenvalue weighted by atomic mass is 10.2. The normalized spacial score (nSPS) is 12.3. The zero-order valence-corrected chi connectivity index (χ0v) is 12.5. The number of amides is 1. The Kier molecular flexibility index (Phi) is 5.10. The third-order valence-corrected chi connectivity index (χ3v) is 4.10. The molecule has 4 nitrogen and oxygen atoms in total. The molecule has 6 heteroatoms. The highest BCUT2D eigenvalue weighted by Crippen LogP contribution is 2.14. The Labute approximate surface area is 115 Å². The Morgan fingerprint density at radius 2 is 1.89 bits per heavy atom. The molecule has 0 atom stereocenters. The number of halogens is 1. The van der Waals surface area contributed by atoms with Gasteiger partial charge in [0.15, 0.2) is 0 Å². The first-order valence-corrected chi connectivity index (χ1v) is 7.64. The third-order valence-electron chi connectivity index (χ3n) is 2.22. The third kappa shape index (κ3) is 3.96. The largest absolute Gasteiger partial charge is 0.269 e. The molecule has 0 saturated carbocycles. The molecule has 1 rings (SSSR count). The average molecular weight is 332 g/mol. The summed E-state index contributed by atoms with van der Waals surface area (Å²) in [7, 11) is -3.80. The molecule has 0 aromatic heterocycles. The average Bonchev–Trinajstić information content (AvgIpc) is 2.29. The first-order chi connectivity index (χ1) is 8.36. The van der Waals surface area contributed by atoms with Crippen LogP contribution in [0.15, 0.2) is 45.3 Å². The minimum atomic E-state index is -3.80. The van der Waals surface area contributed by atoms with Crippen molar-refractivity contribution >= 4 is 31.9 Å². The van der Waals surface area contributed by atoms with Gasteiger partial charge in [-0.05, 0) is 37.6 Å². The number of nitrogens with one attached hydrogen (secondary N) is 1. The second-order valence-corrected chi connectivity index (χ2v) is 6.28. The summed E-state index contributed by atoms with van der Waals surface area (Å²) in [6.07, 6.45) is 2.35. The van der Waals surface area contributed by atoms with E-state index in [1.54, 1.807) is 25.1 Å². The van der Waals surface area contributed by atoms with Crippen LogP contribution in [-0.2, 0) is 14.8 Å². The number of benzene rings is 1. The predicted octanol–water partition coefficient (Wildman–Crippen LogP) is 2.61. The fraction of sp³-hybridized carbons (Fsp3) is 0.250. The van der Waals surface area contributed by atoms with E-state index >= 15 is 0 Å². The van der Waals surface area contributed by atoms with E-state index in [2.05, 4.69) is 15.9 Å². The minimum Gasteiger partial charge on any atom is -0.269 e. The van der Waals surface area contributed by atoms with Gasteiger partial charge in [0.1, 0.15) is 0 Å². The molecule has 0 fully saturated rings. The van der Waals surface area contributed by atoms with Crippen molar-refractivity contribution in [1.82, 2.24) is 4.72 Å². The Hall–Kier alpha value is -1.14. The van der Waals surface area contributed by atoms with E-state index in [1.807, 2.05) is 11.6 Å². The van der Waals surface area contributed by atoms with E-state index in [1.165, 1.54) is 12.1 Å². The number of hydrogen-bond donors (Lipinski definition) is 1. The highest BCUT2D eigenvalue weighted by molar-refractivity contribution is 9.10. The monoisotopic (exact) mass is 331 g/mol. The fourth-order valence-electron chi connectivity index (χ4n) is 1.27. The van der Waals surface area contributed by atoms with Crippen LogP contribution >= 0.6 is 15.9 Å². The number of allylic oxidation sites excluding steroid dienone is 1. The van der Waals surface area contributed by atoms with Gasteiger partial charge < -0.3 is 0 Å². The summed E-state index contributed by atoms with van der Waals surface area (Å²) in [5, 5.41) is 0. The van der Waals surface area contributed by atoms with Crippen LogP contribution in [0.3, 0.4) is 0 Å². The van der Waals surface area contributed by atoms with Crippen LogP contribution in [0.1, 0.15) is 20.3 Å². The maximum absolute atomic E-state index is 11.9. The second kappa shape index (κ2) is 6.15. The number of carbonyl (C=O) groups is 1. The molecule has 0 bridgehead atoms. The van der Waals surface area contributed by atoms with Crippen molar-refractivity contribution in [2.45, 2.75) is 25.2 Å². The Morgan fingerprint density at radius 3 is 2.39 bits per heavy atom. The molecule has 0 heterocycles. The molecule has 1 aromatic carbocycles. The van der Waals surface area contributed by atoms with Crippen molar-refractivity contribution in [3.8, 4) is 0 Å². The van der Waals surface area contributed by atoms with Crippen molar-refractivity contribution in [3.05, 3.63) is 40.4 Å². The zero-order valence-electron chi connectivity index (χ0n) is 10.1. The summed E-state index contributed by atoms with van der Waals surface area (Å²) in [6.45, 7) is 3.45. The van der Waals surface area contributed by atoms with E-state index in [9.17, 15) is 13.2 Å². The lowest BCUT2D eigenvalue weighted by Crippen LogP contribution is -2.31. The van der Waals surface area contributed by atoms with Crippen molar-refractivity contribution < 1.29 is 13.2 Å². The van der Waals surface area contributed by atoms with Crippen molar-refractivity contribution in [3.63, 3.8) is 0 Å². The number of rotatable bonds is 4. The summed E-state index contributed by atoms with van der Waals surface area (Å²) in [6, 6.07) is 6.07. The maximum atomic E-state index is 11.9. The first-order valence-electron chi connectivity index (χ1n) is 5.36. The molecule has 0 aliphatic heterocycles. The first kappa shape index (κ1) is 14.9. The van der Waals surface area contributed by atoms with Gasteiger partial charge in [0.05, 0.1) is 4.90 Å². The number of hydrogen-bond acceptors (Lipinski definition) is 3. The van der Waals surface area contributed by atoms with Gasteiger partial charge in [0, 0.05) is 10.0 Å². The zero-order chi connectivity index (χ0) is 13.8. The van der Waals surface area contributed by atoms with Gasteiger partial charge in [0.25, 0.3) is 15.9 Å². The molecule has 1 N–H and O–H groups in total. The highest BCUT2D eigenvalue weighted by Gasteiger charge is 2.17. The standard InChI is InChI=1S/C12H14BrNO3S/c1-3-4-9(2)12(15)14-18(16,17)11-7-5-10(13)6-8-11/h4-8H,3H2,1-2H3,(H,14,15). The summed E-state index contributed by atoms with van der Waals surface area (Å²) in [5.41, 5.74) is 0.387. The SMILES string of the molecule is CCC=C(C)C(=O)NS(=O)(=O)c1ccc(Br)cc1. The Morgan fingerprint density at radius 1 is 1.33 bits per heavy atom. The van der Waals surface area contributed by atoms with E-state index in [4.69, 9.17) is 0 Å². The van der Waals surface area contributed by atoms with Gasteiger partial charge in [-0.15, -0.1) is 0 Å². The smallest absolute Gasteiger partial charge is 0.264 e. The van der Waals surface area contributed by atoms with Crippen LogP contribution in [0.5, 0.6) is 0 Å². The predicted molar refractivity (Wildman–Crippen MR) is 73.5 cm³/mol. The molecule has 0 aliphatic carbocycles. The molecule has 0 radical (unpaired) electrons. The lowest BCUT2D eigenvalue weighted by Gasteiger charge is -2.07. The lowest BCUT2D eigenvalue weighted by molar-refractivity contribution is -0.115. The topological polar surface area (TPSA) is 63.2 Å². The van der Waals surface area contributed by atoms with Gasteiger partial charge >= 0.3 is 0 Å². The number of carbonyl (C=O) groups excluding carboxylic acids is 1. The van der Waals surface area contributed by atoms with E-state index < -0.39 is 15.9 Å². The summed E-state index contributed by atoms with van der Waals surface area (Å²) >= 11 is 3.22. The van der Waals surface area contributed by atoms with Gasteiger partial charge in [0.2, 0.25) is 0 Å². The molecule has 98 valence electrons. The van der Waals surface area contributed by atoms with Crippen LogP contribution in [0, 0.1) is 0 Å². The van der Waals surface area contributed by atoms with Gasteiger partial charge in [-0.25, -0.2) is 13.1 Å². The molecular formula is C12H14BrNO3S. The summed E-state index contributed by atoms with van der Waals surface area (Å²) in [4.78, 5) is 11.7. The Balaban J connectivity index is 2.93. The van der Waals surface area contributed by atoms with Gasteiger partial charge in [-0.2, -0.15) is 0 Å². The van der Waals surface area contributed by atoms with Gasteiger partial charge in [-0.3, -0.25) is 4.79 Å². The maximum Gasteiger partial charge on any atom is 0.264 e. The molecule has 1 aromatic rings. The molecular weight excluding hydrogens is 318 g/mol. The van der Waals surface area contributed by atoms with Gasteiger partial charge in [-0.1, -0.05) is 28.9 Å². The molecule has 0 saturated heterocycles. The Bertz CT molecular complexity index is 561. The highest BCUT2D eigenvalue weighted by atomic mass is 79.9. The van der Waals surface area contributed by atoms with Crippen LogP contribution in [-0.4, -0.2) is 14.3 Å². The quantitative estimate of drug-likeness (QED) is 0.862. The molecule has 0 spiro atoms. The van der Waals surface area contributed by atoms with E-state index in [-0.39, 0.29) is 4.90 Å². The second-order valence-electron chi connectivity index (χ2n) is 3.68. The molecule has 1 amide bonds. The van der Waals surface area contributed by atoms with Crippen LogP contribution < -0.4 is 4.72 Å². The van der Waals surface area contributed by atoms with Crippen LogP contribution in [0.25, 0.3) is 0 Å². The van der Waals surface area contributed by atoms with Crippen molar-refractivity contribution in [1.29, 1.82) is 0 Å². The summed E-state index contributed by atoms with van der Waals surface area (Å²) < 4.78 is 26.6. The molecule has 0 unspecified atom stereocenters. The molecule has 18 heavy (non-hydrogen) atoms. The molecule has 0 aliphatic rings. The minimum absolute atomic E-state index is 0.0587. The van der Waals surface area contributed by atoms with Crippen LogP contribution in [0.4, 0.5) is 0 Å².